The summed E-state index contributed by atoms with van der Waals surface area (Å²) < 4.78 is 0. The molecule has 0 amide bonds. The summed E-state index contributed by atoms with van der Waals surface area (Å²) in [5.74, 6) is 0. The maximum Gasteiger partial charge on any atom is 0.00266 e. The van der Waals surface area contributed by atoms with E-state index in [1.807, 2.05) is 13.8 Å². The monoisotopic (exact) mass is 217 g/mol. The fraction of sp³-hybridized carbons (Fsp3) is 1.00. The van der Waals surface area contributed by atoms with Gasteiger partial charge in [-0.2, -0.15) is 0 Å². The van der Waals surface area contributed by atoms with Crippen molar-refractivity contribution in [1.29, 1.82) is 0 Å². The van der Waals surface area contributed by atoms with Crippen molar-refractivity contribution >= 4 is 0 Å². The van der Waals surface area contributed by atoms with Crippen molar-refractivity contribution in [3.8, 4) is 0 Å². The molecular formula is C14H35N. The van der Waals surface area contributed by atoms with Gasteiger partial charge in [-0.3, -0.25) is 0 Å². The van der Waals surface area contributed by atoms with Gasteiger partial charge in [-0.25, -0.2) is 0 Å². The van der Waals surface area contributed by atoms with Crippen molar-refractivity contribution in [3.05, 3.63) is 0 Å². The van der Waals surface area contributed by atoms with Gasteiger partial charge in [-0.15, -0.1) is 0 Å². The van der Waals surface area contributed by atoms with Crippen molar-refractivity contribution in [1.82, 2.24) is 4.90 Å². The van der Waals surface area contributed by atoms with Crippen LogP contribution in [0.3, 0.4) is 0 Å². The Morgan fingerprint density at radius 1 is 0.933 bits per heavy atom. The summed E-state index contributed by atoms with van der Waals surface area (Å²) in [6, 6.07) is 0. The topological polar surface area (TPSA) is 3.24 Å². The van der Waals surface area contributed by atoms with E-state index >= 15 is 0 Å². The van der Waals surface area contributed by atoms with Gasteiger partial charge in [-0.1, -0.05) is 61.3 Å². The van der Waals surface area contributed by atoms with E-state index in [4.69, 9.17) is 0 Å². The minimum Gasteiger partial charge on any atom is -0.309 e. The van der Waals surface area contributed by atoms with E-state index in [2.05, 4.69) is 53.6 Å². The molecule has 1 heteroatoms. The lowest BCUT2D eigenvalue weighted by Gasteiger charge is -2.27. The molecule has 0 aliphatic carbocycles. The maximum absolute atomic E-state index is 2.33. The zero-order valence-electron chi connectivity index (χ0n) is 12.8. The predicted molar refractivity (Wildman–Crippen MR) is 74.6 cm³/mol. The summed E-state index contributed by atoms with van der Waals surface area (Å²) in [5, 5.41) is 0. The van der Waals surface area contributed by atoms with Crippen LogP contribution in [-0.4, -0.2) is 25.5 Å². The predicted octanol–water partition coefficient (Wildman–Crippen LogP) is 4.82. The molecule has 0 aliphatic heterocycles. The van der Waals surface area contributed by atoms with Crippen molar-refractivity contribution in [3.63, 3.8) is 0 Å². The molecule has 0 saturated heterocycles. The number of nitrogens with zero attached hydrogens (tertiary/aromatic N) is 1. The Hall–Kier alpha value is -0.0400. The number of hydrogen-bond donors (Lipinski definition) is 0. The second-order valence-electron chi connectivity index (χ2n) is 4.86. The highest BCUT2D eigenvalue weighted by atomic mass is 15.1. The standard InChI is InChI=1S/C9H21N.C3H8.C2H6/c1-6-7-9(2,3)8-10(4)5;1-3-2;1-2/h6-8H2,1-5H3;3H2,1-2H3;1-2H3. The summed E-state index contributed by atoms with van der Waals surface area (Å²) in [6.45, 7) is 16.4. The molecule has 0 aromatic heterocycles. The van der Waals surface area contributed by atoms with Crippen LogP contribution in [0.5, 0.6) is 0 Å². The summed E-state index contributed by atoms with van der Waals surface area (Å²) >= 11 is 0. The lowest BCUT2D eigenvalue weighted by Crippen LogP contribution is -2.28. The van der Waals surface area contributed by atoms with E-state index in [9.17, 15) is 0 Å². The van der Waals surface area contributed by atoms with Crippen LogP contribution in [0.2, 0.25) is 0 Å². The number of rotatable bonds is 4. The van der Waals surface area contributed by atoms with Crippen LogP contribution in [0.4, 0.5) is 0 Å². The molecule has 0 unspecified atom stereocenters. The van der Waals surface area contributed by atoms with Gasteiger partial charge in [0.2, 0.25) is 0 Å². The average molecular weight is 217 g/mol. The Balaban J connectivity index is -0.000000245. The summed E-state index contributed by atoms with van der Waals surface area (Å²) in [7, 11) is 4.27. The Kier molecular flexibility index (Phi) is 19.0. The molecule has 0 rings (SSSR count). The fourth-order valence-corrected chi connectivity index (χ4v) is 1.61. The van der Waals surface area contributed by atoms with Gasteiger partial charge >= 0.3 is 0 Å². The normalized spacial score (nSPS) is 10.0. The Labute approximate surface area is 99.3 Å². The first-order valence-corrected chi connectivity index (χ1v) is 6.54. The highest BCUT2D eigenvalue weighted by molar-refractivity contribution is 4.69. The molecule has 0 radical (unpaired) electrons. The van der Waals surface area contributed by atoms with Crippen molar-refractivity contribution < 1.29 is 0 Å². The van der Waals surface area contributed by atoms with Gasteiger partial charge in [0.05, 0.1) is 0 Å². The van der Waals surface area contributed by atoms with Crippen molar-refractivity contribution in [2.24, 2.45) is 5.41 Å². The molecule has 0 fully saturated rings. The van der Waals surface area contributed by atoms with Crippen molar-refractivity contribution in [2.75, 3.05) is 20.6 Å². The molecule has 0 spiro atoms. The Morgan fingerprint density at radius 2 is 1.27 bits per heavy atom. The second-order valence-corrected chi connectivity index (χ2v) is 4.86. The highest BCUT2D eigenvalue weighted by Gasteiger charge is 2.16. The second kappa shape index (κ2) is 14.0. The summed E-state index contributed by atoms with van der Waals surface area (Å²) in [6.07, 6.45) is 3.87. The van der Waals surface area contributed by atoms with Crippen molar-refractivity contribution in [2.45, 2.75) is 67.7 Å². The third-order valence-corrected chi connectivity index (χ3v) is 1.67. The summed E-state index contributed by atoms with van der Waals surface area (Å²) in [5.41, 5.74) is 0.498. The molecule has 0 bridgehead atoms. The first kappa shape index (κ1) is 20.4. The third kappa shape index (κ3) is 24.9. The fourth-order valence-electron chi connectivity index (χ4n) is 1.61. The van der Waals surface area contributed by atoms with Crippen LogP contribution in [0.15, 0.2) is 0 Å². The molecule has 0 N–H and O–H groups in total. The molecule has 0 aromatic carbocycles. The van der Waals surface area contributed by atoms with E-state index in [-0.39, 0.29) is 0 Å². The van der Waals surface area contributed by atoms with E-state index in [0.717, 1.165) is 0 Å². The van der Waals surface area contributed by atoms with Crippen LogP contribution in [-0.2, 0) is 0 Å². The molecule has 96 valence electrons. The molecule has 1 nitrogen and oxygen atoms in total. The minimum absolute atomic E-state index is 0.498. The molecule has 0 atom stereocenters. The van der Waals surface area contributed by atoms with Gasteiger partial charge in [0, 0.05) is 6.54 Å². The van der Waals surface area contributed by atoms with E-state index in [1.54, 1.807) is 0 Å². The van der Waals surface area contributed by atoms with Crippen LogP contribution < -0.4 is 0 Å². The average Bonchev–Trinajstić information content (AvgIpc) is 2.06. The smallest absolute Gasteiger partial charge is 0.00266 e. The maximum atomic E-state index is 2.33. The van der Waals surface area contributed by atoms with Crippen LogP contribution in [0, 0.1) is 5.41 Å². The van der Waals surface area contributed by atoms with Crippen LogP contribution >= 0.6 is 0 Å². The Bertz CT molecular complexity index is 95.5. The van der Waals surface area contributed by atoms with Gasteiger partial charge in [-0.05, 0) is 25.9 Å². The van der Waals surface area contributed by atoms with Gasteiger partial charge in [0.25, 0.3) is 0 Å². The SMILES string of the molecule is CC.CCC.CCCC(C)(C)CN(C)C. The van der Waals surface area contributed by atoms with E-state index in [1.165, 1.54) is 25.8 Å². The molecular weight excluding hydrogens is 182 g/mol. The Morgan fingerprint density at radius 3 is 1.47 bits per heavy atom. The van der Waals surface area contributed by atoms with Gasteiger partial charge < -0.3 is 4.90 Å². The van der Waals surface area contributed by atoms with Gasteiger partial charge in [0.1, 0.15) is 0 Å². The zero-order chi connectivity index (χ0) is 12.9. The van der Waals surface area contributed by atoms with E-state index in [0.29, 0.717) is 5.41 Å². The van der Waals surface area contributed by atoms with Crippen LogP contribution in [0.1, 0.15) is 67.7 Å². The quantitative estimate of drug-likeness (QED) is 0.653. The molecule has 0 heterocycles. The first-order chi connectivity index (χ1) is 6.89. The number of hydrogen-bond acceptors (Lipinski definition) is 1. The highest BCUT2D eigenvalue weighted by Crippen LogP contribution is 2.22. The van der Waals surface area contributed by atoms with Gasteiger partial charge in [0.15, 0.2) is 0 Å². The molecule has 0 aromatic rings. The van der Waals surface area contributed by atoms with E-state index < -0.39 is 0 Å². The third-order valence-electron chi connectivity index (χ3n) is 1.67. The zero-order valence-corrected chi connectivity index (χ0v) is 12.8. The lowest BCUT2D eigenvalue weighted by atomic mass is 9.88. The lowest BCUT2D eigenvalue weighted by molar-refractivity contribution is 0.224. The minimum atomic E-state index is 0.498. The molecule has 0 saturated carbocycles. The molecule has 15 heavy (non-hydrogen) atoms. The van der Waals surface area contributed by atoms with Crippen LogP contribution in [0.25, 0.3) is 0 Å². The molecule has 0 aliphatic rings. The summed E-state index contributed by atoms with van der Waals surface area (Å²) in [4.78, 5) is 2.26. The first-order valence-electron chi connectivity index (χ1n) is 6.54. The largest absolute Gasteiger partial charge is 0.309 e.